The lowest BCUT2D eigenvalue weighted by molar-refractivity contribution is 0.262. The van der Waals surface area contributed by atoms with Gasteiger partial charge in [0, 0.05) is 17.5 Å². The number of hydrogen-bond donors (Lipinski definition) is 1. The molecular formula is C12H10FNO3. The maximum Gasteiger partial charge on any atom is 0.248 e. The van der Waals surface area contributed by atoms with Crippen molar-refractivity contribution in [2.45, 2.75) is 6.10 Å². The van der Waals surface area contributed by atoms with Crippen molar-refractivity contribution in [2.24, 2.45) is 0 Å². The van der Waals surface area contributed by atoms with E-state index in [9.17, 15) is 9.18 Å². The van der Waals surface area contributed by atoms with Crippen molar-refractivity contribution in [2.75, 3.05) is 13.2 Å². The Morgan fingerprint density at radius 1 is 1.47 bits per heavy atom. The van der Waals surface area contributed by atoms with Gasteiger partial charge in [-0.05, 0) is 12.1 Å². The van der Waals surface area contributed by atoms with Gasteiger partial charge in [0.1, 0.15) is 18.5 Å². The predicted molar refractivity (Wildman–Crippen MR) is 59.8 cm³/mol. The first-order chi connectivity index (χ1) is 8.22. The molecule has 4 nitrogen and oxygen atoms in total. The van der Waals surface area contributed by atoms with Gasteiger partial charge in [-0.1, -0.05) is 0 Å². The van der Waals surface area contributed by atoms with Crippen molar-refractivity contribution in [3.63, 3.8) is 0 Å². The topological polar surface area (TPSA) is 54.6 Å². The molecule has 0 saturated carbocycles. The lowest BCUT2D eigenvalue weighted by Gasteiger charge is -2.06. The fraction of sp³-hybridized carbons (Fsp3) is 0.250. The van der Waals surface area contributed by atoms with Crippen LogP contribution in [0.15, 0.2) is 29.1 Å². The summed E-state index contributed by atoms with van der Waals surface area (Å²) in [5.41, 5.74) is -0.121. The fourth-order valence-electron chi connectivity index (χ4n) is 1.63. The Bertz CT molecular complexity index is 619. The molecule has 0 bridgehead atoms. The summed E-state index contributed by atoms with van der Waals surface area (Å²) in [6, 6.07) is 5.88. The average molecular weight is 235 g/mol. The predicted octanol–water partition coefficient (Wildman–Crippen LogP) is 1.44. The molecule has 1 aromatic carbocycles. The lowest BCUT2D eigenvalue weighted by atomic mass is 10.2. The normalized spacial score (nSPS) is 18.3. The first kappa shape index (κ1) is 10.3. The zero-order valence-electron chi connectivity index (χ0n) is 8.90. The number of ether oxygens (including phenoxy) is 2. The number of epoxide rings is 1. The summed E-state index contributed by atoms with van der Waals surface area (Å²) < 4.78 is 24.1. The SMILES string of the molecule is O=c1ccc2cc(OCC3CO3)cc(F)c2[nH]1. The van der Waals surface area contributed by atoms with Gasteiger partial charge in [0.15, 0.2) is 5.82 Å². The minimum atomic E-state index is -0.494. The van der Waals surface area contributed by atoms with Gasteiger partial charge in [-0.15, -0.1) is 0 Å². The third kappa shape index (κ3) is 2.14. The number of aromatic nitrogens is 1. The second-order valence-corrected chi connectivity index (χ2v) is 3.96. The highest BCUT2D eigenvalue weighted by atomic mass is 19.1. The Hall–Kier alpha value is -1.88. The Morgan fingerprint density at radius 2 is 2.29 bits per heavy atom. The van der Waals surface area contributed by atoms with Crippen molar-refractivity contribution < 1.29 is 13.9 Å². The third-order valence-electron chi connectivity index (χ3n) is 2.59. The Labute approximate surface area is 96.0 Å². The molecule has 0 spiro atoms. The molecule has 1 unspecified atom stereocenters. The van der Waals surface area contributed by atoms with Crippen LogP contribution in [-0.4, -0.2) is 24.3 Å². The lowest BCUT2D eigenvalue weighted by Crippen LogP contribution is -2.06. The highest BCUT2D eigenvalue weighted by molar-refractivity contribution is 5.80. The number of fused-ring (bicyclic) bond motifs is 1. The van der Waals surface area contributed by atoms with Gasteiger partial charge in [-0.2, -0.15) is 0 Å². The monoisotopic (exact) mass is 235 g/mol. The number of aromatic amines is 1. The summed E-state index contributed by atoms with van der Waals surface area (Å²) >= 11 is 0. The molecule has 17 heavy (non-hydrogen) atoms. The molecule has 1 atom stereocenters. The zero-order chi connectivity index (χ0) is 11.8. The molecule has 2 aromatic rings. The van der Waals surface area contributed by atoms with Gasteiger partial charge in [0.05, 0.1) is 12.1 Å². The molecule has 0 radical (unpaired) electrons. The highest BCUT2D eigenvalue weighted by Crippen LogP contribution is 2.23. The Morgan fingerprint density at radius 3 is 3.06 bits per heavy atom. The third-order valence-corrected chi connectivity index (χ3v) is 2.59. The van der Waals surface area contributed by atoms with Gasteiger partial charge in [0.2, 0.25) is 5.56 Å². The molecule has 1 saturated heterocycles. The number of rotatable bonds is 3. The molecule has 1 aliphatic rings. The van der Waals surface area contributed by atoms with Gasteiger partial charge < -0.3 is 14.5 Å². The Balaban J connectivity index is 1.97. The van der Waals surface area contributed by atoms with Crippen LogP contribution in [0.1, 0.15) is 0 Å². The molecule has 1 aliphatic heterocycles. The summed E-state index contributed by atoms with van der Waals surface area (Å²) in [6.45, 7) is 1.12. The van der Waals surface area contributed by atoms with Crippen LogP contribution < -0.4 is 10.3 Å². The van der Waals surface area contributed by atoms with Crippen LogP contribution in [0.25, 0.3) is 10.9 Å². The van der Waals surface area contributed by atoms with Crippen molar-refractivity contribution in [1.29, 1.82) is 0 Å². The van der Waals surface area contributed by atoms with Crippen LogP contribution in [0.5, 0.6) is 5.75 Å². The highest BCUT2D eigenvalue weighted by Gasteiger charge is 2.23. The van der Waals surface area contributed by atoms with Gasteiger partial charge in [-0.3, -0.25) is 4.79 Å². The van der Waals surface area contributed by atoms with Gasteiger partial charge >= 0.3 is 0 Å². The fourth-order valence-corrected chi connectivity index (χ4v) is 1.63. The van der Waals surface area contributed by atoms with E-state index in [4.69, 9.17) is 9.47 Å². The van der Waals surface area contributed by atoms with Crippen LogP contribution in [0.2, 0.25) is 0 Å². The van der Waals surface area contributed by atoms with Crippen LogP contribution in [0, 0.1) is 5.82 Å². The van der Waals surface area contributed by atoms with Crippen LogP contribution in [0.3, 0.4) is 0 Å². The van der Waals surface area contributed by atoms with Gasteiger partial charge in [-0.25, -0.2) is 4.39 Å². The van der Waals surface area contributed by atoms with Gasteiger partial charge in [0.25, 0.3) is 0 Å². The van der Waals surface area contributed by atoms with Crippen LogP contribution >= 0.6 is 0 Å². The van der Waals surface area contributed by atoms with Crippen molar-refractivity contribution >= 4 is 10.9 Å². The first-order valence-electron chi connectivity index (χ1n) is 5.29. The van der Waals surface area contributed by atoms with Crippen LogP contribution in [0.4, 0.5) is 4.39 Å². The molecular weight excluding hydrogens is 225 g/mol. The second kappa shape index (κ2) is 3.85. The quantitative estimate of drug-likeness (QED) is 0.819. The van der Waals surface area contributed by atoms with Crippen LogP contribution in [-0.2, 0) is 4.74 Å². The maximum absolute atomic E-state index is 13.7. The molecule has 2 heterocycles. The van der Waals surface area contributed by atoms with E-state index >= 15 is 0 Å². The number of H-pyrrole nitrogens is 1. The van der Waals surface area contributed by atoms with E-state index in [1.807, 2.05) is 0 Å². The minimum Gasteiger partial charge on any atom is -0.491 e. The minimum absolute atomic E-state index is 0.129. The summed E-state index contributed by atoms with van der Waals surface area (Å²) in [5, 5.41) is 0.608. The van der Waals surface area contributed by atoms with Crippen molar-refractivity contribution in [1.82, 2.24) is 4.98 Å². The second-order valence-electron chi connectivity index (χ2n) is 3.96. The summed E-state index contributed by atoms with van der Waals surface area (Å²) in [4.78, 5) is 13.5. The van der Waals surface area contributed by atoms with E-state index in [0.717, 1.165) is 0 Å². The molecule has 1 N–H and O–H groups in total. The molecule has 1 fully saturated rings. The summed E-state index contributed by atoms with van der Waals surface area (Å²) in [6.07, 6.45) is 0.129. The largest absolute Gasteiger partial charge is 0.491 e. The number of nitrogens with one attached hydrogen (secondary N) is 1. The summed E-state index contributed by atoms with van der Waals surface area (Å²) in [7, 11) is 0. The molecule has 5 heteroatoms. The maximum atomic E-state index is 13.7. The number of benzene rings is 1. The molecule has 88 valence electrons. The average Bonchev–Trinajstić information content (AvgIpc) is 3.11. The number of pyridine rings is 1. The summed E-state index contributed by atoms with van der Waals surface area (Å²) in [5.74, 6) is -0.0514. The van der Waals surface area contributed by atoms with Crippen molar-refractivity contribution in [3.05, 3.63) is 40.4 Å². The van der Waals surface area contributed by atoms with E-state index in [0.29, 0.717) is 24.3 Å². The first-order valence-corrected chi connectivity index (χ1v) is 5.29. The van der Waals surface area contributed by atoms with E-state index in [1.54, 1.807) is 12.1 Å². The zero-order valence-corrected chi connectivity index (χ0v) is 8.90. The van der Waals surface area contributed by atoms with Crippen molar-refractivity contribution in [3.8, 4) is 5.75 Å². The van der Waals surface area contributed by atoms with E-state index in [-0.39, 0.29) is 17.2 Å². The molecule has 0 aliphatic carbocycles. The molecule has 1 aromatic heterocycles. The smallest absolute Gasteiger partial charge is 0.248 e. The van der Waals surface area contributed by atoms with E-state index in [1.165, 1.54) is 12.1 Å². The van der Waals surface area contributed by atoms with E-state index in [2.05, 4.69) is 4.98 Å². The standard InChI is InChI=1S/C12H10FNO3/c13-10-4-8(16-5-9-6-17-9)3-7-1-2-11(15)14-12(7)10/h1-4,9H,5-6H2,(H,14,15). The number of halogens is 1. The number of hydrogen-bond acceptors (Lipinski definition) is 3. The molecule has 0 amide bonds. The Kier molecular flexibility index (Phi) is 2.33. The molecule has 3 rings (SSSR count). The van der Waals surface area contributed by atoms with E-state index < -0.39 is 5.82 Å².